The topological polar surface area (TPSA) is 15.7 Å². The molecule has 7 aromatic carbocycles. The molecular formula is C49H44BF3N2O. The Morgan fingerprint density at radius 2 is 0.946 bits per heavy atom. The summed E-state index contributed by atoms with van der Waals surface area (Å²) in [6.07, 6.45) is -4.90. The molecule has 9 rings (SSSR count). The van der Waals surface area contributed by atoms with Gasteiger partial charge in [0.2, 0.25) is 0 Å². The number of alkyl halides is 3. The Morgan fingerprint density at radius 3 is 1.36 bits per heavy atom. The number of hydrogen-bond acceptors (Lipinski definition) is 3. The molecule has 0 aliphatic carbocycles. The van der Waals surface area contributed by atoms with Crippen molar-refractivity contribution in [2.24, 2.45) is 0 Å². The molecule has 3 nitrogen and oxygen atoms in total. The largest absolute Gasteiger partial charge is 0.573 e. The number of hydrogen-bond donors (Lipinski definition) is 0. The van der Waals surface area contributed by atoms with Crippen molar-refractivity contribution in [3.63, 3.8) is 0 Å². The van der Waals surface area contributed by atoms with Crippen LogP contribution in [-0.2, 0) is 10.8 Å². The lowest BCUT2D eigenvalue weighted by Gasteiger charge is -2.45. The number of halogens is 3. The van der Waals surface area contributed by atoms with E-state index < -0.39 is 6.36 Å². The van der Waals surface area contributed by atoms with Crippen molar-refractivity contribution in [3.05, 3.63) is 144 Å². The van der Waals surface area contributed by atoms with E-state index in [0.29, 0.717) is 11.4 Å². The summed E-state index contributed by atoms with van der Waals surface area (Å²) in [7, 11) is 0. The first kappa shape index (κ1) is 36.0. The van der Waals surface area contributed by atoms with Crippen LogP contribution in [0.2, 0.25) is 0 Å². The van der Waals surface area contributed by atoms with Crippen LogP contribution in [0, 0.1) is 13.8 Å². The molecule has 0 spiro atoms. The van der Waals surface area contributed by atoms with E-state index in [1.165, 1.54) is 0 Å². The van der Waals surface area contributed by atoms with Crippen LogP contribution in [0.5, 0.6) is 5.75 Å². The monoisotopic (exact) mass is 744 g/mol. The first-order valence-corrected chi connectivity index (χ1v) is 19.3. The Labute approximate surface area is 327 Å². The smallest absolute Gasteiger partial charge is 0.406 e. The summed E-state index contributed by atoms with van der Waals surface area (Å²) in [6.45, 7) is 16.9. The Morgan fingerprint density at radius 1 is 0.518 bits per heavy atom. The Hall–Kier alpha value is -5.69. The van der Waals surface area contributed by atoms with Crippen LogP contribution in [0.3, 0.4) is 0 Å². The average molecular weight is 745 g/mol. The molecule has 0 atom stereocenters. The van der Waals surface area contributed by atoms with Gasteiger partial charge in [0.1, 0.15) is 5.75 Å². The summed E-state index contributed by atoms with van der Waals surface area (Å²) < 4.78 is 48.3. The quantitative estimate of drug-likeness (QED) is 0.168. The van der Waals surface area contributed by atoms with Gasteiger partial charge in [-0.15, -0.1) is 13.2 Å². The van der Waals surface area contributed by atoms with Crippen LogP contribution in [0.25, 0.3) is 21.5 Å². The normalized spacial score (nSPS) is 13.9. The summed E-state index contributed by atoms with van der Waals surface area (Å²) in [4.78, 5) is 4.37. The first-order valence-electron chi connectivity index (χ1n) is 19.3. The van der Waals surface area contributed by atoms with Crippen LogP contribution >= 0.6 is 0 Å². The average Bonchev–Trinajstić information content (AvgIpc) is 3.13. The molecule has 0 fully saturated rings. The zero-order chi connectivity index (χ0) is 39.5. The number of aryl methyl sites for hydroxylation is 2. The maximum absolute atomic E-state index is 14.4. The molecular weight excluding hydrogens is 700 g/mol. The predicted molar refractivity (Wildman–Crippen MR) is 229 cm³/mol. The fourth-order valence-electron chi connectivity index (χ4n) is 8.77. The summed E-state index contributed by atoms with van der Waals surface area (Å²) in [5.41, 5.74) is 12.2. The summed E-state index contributed by atoms with van der Waals surface area (Å²) >= 11 is 0. The third-order valence-corrected chi connectivity index (χ3v) is 11.5. The predicted octanol–water partition coefficient (Wildman–Crippen LogP) is 12.2. The Bertz CT molecular complexity index is 2560. The van der Waals surface area contributed by atoms with Gasteiger partial charge in [0, 0.05) is 57.0 Å². The minimum absolute atomic E-state index is 0.166. The molecule has 7 aromatic rings. The van der Waals surface area contributed by atoms with Crippen LogP contribution in [0.15, 0.2) is 121 Å². The Kier molecular flexibility index (Phi) is 7.97. The fourth-order valence-corrected chi connectivity index (χ4v) is 8.77. The van der Waals surface area contributed by atoms with Crippen molar-refractivity contribution in [3.8, 4) is 5.75 Å². The van der Waals surface area contributed by atoms with Gasteiger partial charge in [-0.25, -0.2) is 0 Å². The molecule has 0 saturated heterocycles. The highest BCUT2D eigenvalue weighted by atomic mass is 19.4. The molecule has 2 aliphatic heterocycles. The first-order chi connectivity index (χ1) is 26.5. The second kappa shape index (κ2) is 12.4. The zero-order valence-electron chi connectivity index (χ0n) is 33.1. The van der Waals surface area contributed by atoms with E-state index in [4.69, 9.17) is 4.74 Å². The standard InChI is InChI=1S/C49H44BF3N2O/c1-29-15-17-31-19-21-40-45(38(31)23-29)54(35-13-9-11-33(25-35)47(3,4)5)42-27-37(56-49(51,52)53)28-43-44(42)50(40)41-22-20-32-18-16-30(2)24-39(32)46(41)55(43)36-14-10-12-34(26-36)48(6,7)8/h9-28H,1-8H3. The van der Waals surface area contributed by atoms with Crippen LogP contribution < -0.4 is 30.9 Å². The molecule has 2 aliphatic rings. The van der Waals surface area contributed by atoms with E-state index >= 15 is 0 Å². The van der Waals surface area contributed by atoms with Gasteiger partial charge in [-0.05, 0) is 99.4 Å². The van der Waals surface area contributed by atoms with Crippen LogP contribution in [0.1, 0.15) is 63.8 Å². The van der Waals surface area contributed by atoms with Gasteiger partial charge < -0.3 is 14.5 Å². The van der Waals surface area contributed by atoms with E-state index in [9.17, 15) is 13.2 Å². The van der Waals surface area contributed by atoms with E-state index in [1.807, 2.05) is 0 Å². The van der Waals surface area contributed by atoms with Gasteiger partial charge in [-0.3, -0.25) is 0 Å². The van der Waals surface area contributed by atoms with E-state index in [2.05, 4.69) is 174 Å². The SMILES string of the molecule is Cc1ccc2ccc3c(c2c1)N(c1cccc(C(C)(C)C)c1)c1cc(OC(F)(F)F)cc2c1B3c1ccc3ccc(C)cc3c1N2c1cccc(C(C)(C)C)c1. The molecule has 0 radical (unpaired) electrons. The molecule has 280 valence electrons. The van der Waals surface area contributed by atoms with Gasteiger partial charge in [-0.1, -0.05) is 125 Å². The van der Waals surface area contributed by atoms with Gasteiger partial charge in [0.15, 0.2) is 0 Å². The van der Waals surface area contributed by atoms with Gasteiger partial charge in [0.05, 0.1) is 0 Å². The number of anilines is 6. The molecule has 7 heteroatoms. The minimum atomic E-state index is -4.90. The second-order valence-electron chi connectivity index (χ2n) is 17.6. The maximum Gasteiger partial charge on any atom is 0.573 e. The zero-order valence-corrected chi connectivity index (χ0v) is 33.1. The summed E-state index contributed by atoms with van der Waals surface area (Å²) in [5.74, 6) is -0.265. The van der Waals surface area contributed by atoms with Gasteiger partial charge in [0.25, 0.3) is 6.71 Å². The summed E-state index contributed by atoms with van der Waals surface area (Å²) in [5, 5.41) is 4.19. The van der Waals surface area contributed by atoms with Crippen LogP contribution in [0.4, 0.5) is 47.3 Å². The number of ether oxygens (including phenoxy) is 1. The lowest BCUT2D eigenvalue weighted by atomic mass is 9.33. The third-order valence-electron chi connectivity index (χ3n) is 11.5. The highest BCUT2D eigenvalue weighted by Crippen LogP contribution is 2.50. The van der Waals surface area contributed by atoms with Crippen LogP contribution in [-0.4, -0.2) is 13.1 Å². The lowest BCUT2D eigenvalue weighted by Crippen LogP contribution is -2.61. The number of fused-ring (bicyclic) bond motifs is 8. The number of benzene rings is 7. The van der Waals surface area contributed by atoms with Crippen molar-refractivity contribution in [1.29, 1.82) is 0 Å². The Balaban J connectivity index is 1.47. The molecule has 0 saturated carbocycles. The van der Waals surface area contributed by atoms with Crippen molar-refractivity contribution in [1.82, 2.24) is 0 Å². The fraction of sp³-hybridized carbons (Fsp3) is 0.224. The van der Waals surface area contributed by atoms with Crippen molar-refractivity contribution >= 4 is 78.8 Å². The summed E-state index contributed by atoms with van der Waals surface area (Å²) in [6, 6.07) is 41.7. The lowest BCUT2D eigenvalue weighted by molar-refractivity contribution is -0.274. The van der Waals surface area contributed by atoms with E-state index in [-0.39, 0.29) is 23.3 Å². The maximum atomic E-state index is 14.4. The minimum Gasteiger partial charge on any atom is -0.406 e. The van der Waals surface area contributed by atoms with Crippen molar-refractivity contribution in [2.75, 3.05) is 9.80 Å². The van der Waals surface area contributed by atoms with Gasteiger partial charge >= 0.3 is 6.36 Å². The molecule has 0 unspecified atom stereocenters. The molecule has 0 N–H and O–H groups in total. The van der Waals surface area contributed by atoms with Crippen molar-refractivity contribution < 1.29 is 17.9 Å². The highest BCUT2D eigenvalue weighted by Gasteiger charge is 2.46. The van der Waals surface area contributed by atoms with Crippen molar-refractivity contribution in [2.45, 2.75) is 72.6 Å². The molecule has 56 heavy (non-hydrogen) atoms. The van der Waals surface area contributed by atoms with E-state index in [1.54, 1.807) is 12.1 Å². The third kappa shape index (κ3) is 5.91. The highest BCUT2D eigenvalue weighted by molar-refractivity contribution is 7.00. The molecule has 2 heterocycles. The van der Waals surface area contributed by atoms with E-state index in [0.717, 1.165) is 82.9 Å². The molecule has 0 amide bonds. The molecule has 0 aromatic heterocycles. The second-order valence-corrected chi connectivity index (χ2v) is 17.6. The molecule has 0 bridgehead atoms. The van der Waals surface area contributed by atoms with Gasteiger partial charge in [-0.2, -0.15) is 0 Å². The number of nitrogens with zero attached hydrogens (tertiary/aromatic N) is 2. The number of rotatable bonds is 3.